The molecule has 0 spiro atoms. The first-order chi connectivity index (χ1) is 9.22. The number of carbonyl (C=O) groups excluding carboxylic acids is 1. The summed E-state index contributed by atoms with van der Waals surface area (Å²) in [6, 6.07) is 4.33. The average molecular weight is 261 g/mol. The number of ether oxygens (including phenoxy) is 2. The van der Waals surface area contributed by atoms with E-state index in [9.17, 15) is 4.79 Å². The Hall–Kier alpha value is -1.55. The lowest BCUT2D eigenvalue weighted by atomic mass is 9.86. The predicted octanol–water partition coefficient (Wildman–Crippen LogP) is 1.97. The van der Waals surface area contributed by atoms with Gasteiger partial charge < -0.3 is 9.47 Å². The van der Waals surface area contributed by atoms with Crippen LogP contribution < -0.4 is 9.47 Å². The number of rotatable bonds is 2. The van der Waals surface area contributed by atoms with Gasteiger partial charge in [0.2, 0.25) is 0 Å². The van der Waals surface area contributed by atoms with Crippen LogP contribution in [0.1, 0.15) is 30.0 Å². The highest BCUT2D eigenvalue weighted by Gasteiger charge is 2.33. The van der Waals surface area contributed by atoms with Gasteiger partial charge in [-0.3, -0.25) is 9.69 Å². The summed E-state index contributed by atoms with van der Waals surface area (Å²) in [4.78, 5) is 14.1. The lowest BCUT2D eigenvalue weighted by molar-refractivity contribution is -0.123. The standard InChI is InChI=1S/C15H19NO3/c1-18-14-7-10-3-5-16-6-4-11(17)8-13(16)12(10)9-15(14)19-2/h7,9,13H,3-6,8H2,1-2H3. The van der Waals surface area contributed by atoms with Crippen LogP contribution in [-0.2, 0) is 11.2 Å². The molecule has 1 aromatic rings. The molecule has 0 saturated carbocycles. The van der Waals surface area contributed by atoms with Gasteiger partial charge in [-0.15, -0.1) is 0 Å². The van der Waals surface area contributed by atoms with Gasteiger partial charge in [0, 0.05) is 32.0 Å². The summed E-state index contributed by atoms with van der Waals surface area (Å²) >= 11 is 0. The summed E-state index contributed by atoms with van der Waals surface area (Å²) < 4.78 is 10.7. The van der Waals surface area contributed by atoms with E-state index in [0.29, 0.717) is 18.6 Å². The zero-order valence-electron chi connectivity index (χ0n) is 11.4. The number of Topliss-reactive ketones (excluding diaryl/α,β-unsaturated/α-hetero) is 1. The van der Waals surface area contributed by atoms with E-state index in [2.05, 4.69) is 11.0 Å². The summed E-state index contributed by atoms with van der Waals surface area (Å²) in [5.74, 6) is 1.89. The molecule has 0 radical (unpaired) electrons. The monoisotopic (exact) mass is 261 g/mol. The van der Waals surface area contributed by atoms with Crippen molar-refractivity contribution in [2.45, 2.75) is 25.3 Å². The van der Waals surface area contributed by atoms with Gasteiger partial charge in [0.05, 0.1) is 14.2 Å². The van der Waals surface area contributed by atoms with Crippen LogP contribution in [0.3, 0.4) is 0 Å². The lowest BCUT2D eigenvalue weighted by Gasteiger charge is -2.40. The maximum Gasteiger partial charge on any atom is 0.161 e. The predicted molar refractivity (Wildman–Crippen MR) is 71.8 cm³/mol. The van der Waals surface area contributed by atoms with Crippen LogP contribution in [0.25, 0.3) is 0 Å². The molecule has 0 aromatic heterocycles. The minimum atomic E-state index is 0.227. The van der Waals surface area contributed by atoms with Crippen molar-refractivity contribution in [3.05, 3.63) is 23.3 Å². The second-order valence-electron chi connectivity index (χ2n) is 5.20. The fourth-order valence-corrected chi connectivity index (χ4v) is 3.17. The van der Waals surface area contributed by atoms with Crippen LogP contribution in [0.4, 0.5) is 0 Å². The number of hydrogen-bond donors (Lipinski definition) is 0. The minimum absolute atomic E-state index is 0.227. The van der Waals surface area contributed by atoms with E-state index in [1.165, 1.54) is 11.1 Å². The van der Waals surface area contributed by atoms with Crippen molar-refractivity contribution < 1.29 is 14.3 Å². The molecule has 0 bridgehead atoms. The Morgan fingerprint density at radius 2 is 1.79 bits per heavy atom. The molecule has 4 nitrogen and oxygen atoms in total. The Morgan fingerprint density at radius 3 is 2.53 bits per heavy atom. The zero-order valence-corrected chi connectivity index (χ0v) is 11.4. The number of piperidine rings is 1. The van der Waals surface area contributed by atoms with E-state index < -0.39 is 0 Å². The third-order valence-corrected chi connectivity index (χ3v) is 4.21. The molecule has 1 atom stereocenters. The molecule has 102 valence electrons. The molecule has 0 amide bonds. The van der Waals surface area contributed by atoms with Crippen LogP contribution in [-0.4, -0.2) is 38.0 Å². The molecule has 3 rings (SSSR count). The van der Waals surface area contributed by atoms with E-state index in [-0.39, 0.29) is 6.04 Å². The van der Waals surface area contributed by atoms with E-state index in [1.807, 2.05) is 6.07 Å². The molecule has 2 aliphatic rings. The molecular formula is C15H19NO3. The SMILES string of the molecule is COc1cc2c(cc1OC)C1CC(=O)CCN1CC2. The molecule has 0 aliphatic carbocycles. The van der Waals surface area contributed by atoms with E-state index in [0.717, 1.165) is 31.0 Å². The van der Waals surface area contributed by atoms with Gasteiger partial charge in [0.1, 0.15) is 5.78 Å². The van der Waals surface area contributed by atoms with Gasteiger partial charge in [0.25, 0.3) is 0 Å². The molecule has 1 unspecified atom stereocenters. The maximum absolute atomic E-state index is 11.7. The van der Waals surface area contributed by atoms with Crippen molar-refractivity contribution in [3.63, 3.8) is 0 Å². The van der Waals surface area contributed by atoms with Gasteiger partial charge in [-0.1, -0.05) is 0 Å². The Kier molecular flexibility index (Phi) is 3.19. The number of benzene rings is 1. The molecule has 19 heavy (non-hydrogen) atoms. The Bertz CT molecular complexity index is 512. The molecular weight excluding hydrogens is 242 g/mol. The number of nitrogens with zero attached hydrogens (tertiary/aromatic N) is 1. The van der Waals surface area contributed by atoms with E-state index in [1.54, 1.807) is 14.2 Å². The largest absolute Gasteiger partial charge is 0.493 e. The summed E-state index contributed by atoms with van der Waals surface area (Å²) in [6.07, 6.45) is 2.34. The van der Waals surface area contributed by atoms with Crippen LogP contribution in [0.15, 0.2) is 12.1 Å². The fraction of sp³-hybridized carbons (Fsp3) is 0.533. The highest BCUT2D eigenvalue weighted by molar-refractivity contribution is 5.80. The molecule has 2 aliphatic heterocycles. The number of ketones is 1. The zero-order chi connectivity index (χ0) is 13.4. The quantitative estimate of drug-likeness (QED) is 0.816. The van der Waals surface area contributed by atoms with Gasteiger partial charge in [-0.05, 0) is 29.7 Å². The van der Waals surface area contributed by atoms with Gasteiger partial charge in [-0.25, -0.2) is 0 Å². The number of fused-ring (bicyclic) bond motifs is 3. The van der Waals surface area contributed by atoms with Crippen molar-refractivity contribution >= 4 is 5.78 Å². The highest BCUT2D eigenvalue weighted by Crippen LogP contribution is 2.40. The normalized spacial score (nSPS) is 22.6. The van der Waals surface area contributed by atoms with Crippen LogP contribution in [0, 0.1) is 0 Å². The third-order valence-electron chi connectivity index (χ3n) is 4.21. The van der Waals surface area contributed by atoms with Crippen LogP contribution >= 0.6 is 0 Å². The topological polar surface area (TPSA) is 38.8 Å². The van der Waals surface area contributed by atoms with Gasteiger partial charge in [0.15, 0.2) is 11.5 Å². The van der Waals surface area contributed by atoms with Crippen molar-refractivity contribution in [2.75, 3.05) is 27.3 Å². The van der Waals surface area contributed by atoms with Gasteiger partial charge in [-0.2, -0.15) is 0 Å². The van der Waals surface area contributed by atoms with Crippen molar-refractivity contribution in [2.24, 2.45) is 0 Å². The summed E-state index contributed by atoms with van der Waals surface area (Å²) in [5.41, 5.74) is 2.52. The first-order valence-electron chi connectivity index (χ1n) is 6.73. The average Bonchev–Trinajstić information content (AvgIpc) is 2.45. The third kappa shape index (κ3) is 2.10. The minimum Gasteiger partial charge on any atom is -0.493 e. The second kappa shape index (κ2) is 4.85. The first-order valence-corrected chi connectivity index (χ1v) is 6.73. The molecule has 1 saturated heterocycles. The van der Waals surface area contributed by atoms with Gasteiger partial charge >= 0.3 is 0 Å². The van der Waals surface area contributed by atoms with Crippen LogP contribution in [0.2, 0.25) is 0 Å². The first kappa shape index (κ1) is 12.5. The molecule has 2 heterocycles. The second-order valence-corrected chi connectivity index (χ2v) is 5.20. The highest BCUT2D eigenvalue weighted by atomic mass is 16.5. The Labute approximate surface area is 113 Å². The molecule has 4 heteroatoms. The molecule has 1 aromatic carbocycles. The van der Waals surface area contributed by atoms with Crippen LogP contribution in [0.5, 0.6) is 11.5 Å². The number of carbonyl (C=O) groups is 1. The summed E-state index contributed by atoms with van der Waals surface area (Å²) in [6.45, 7) is 1.91. The smallest absolute Gasteiger partial charge is 0.161 e. The van der Waals surface area contributed by atoms with Crippen molar-refractivity contribution in [3.8, 4) is 11.5 Å². The van der Waals surface area contributed by atoms with Crippen molar-refractivity contribution in [1.82, 2.24) is 4.90 Å². The van der Waals surface area contributed by atoms with E-state index >= 15 is 0 Å². The summed E-state index contributed by atoms with van der Waals surface area (Å²) in [7, 11) is 3.31. The number of hydrogen-bond acceptors (Lipinski definition) is 4. The molecule has 0 N–H and O–H groups in total. The molecule has 1 fully saturated rings. The number of methoxy groups -OCH3 is 2. The van der Waals surface area contributed by atoms with Crippen molar-refractivity contribution in [1.29, 1.82) is 0 Å². The van der Waals surface area contributed by atoms with E-state index in [4.69, 9.17) is 9.47 Å². The summed E-state index contributed by atoms with van der Waals surface area (Å²) in [5, 5.41) is 0. The fourth-order valence-electron chi connectivity index (χ4n) is 3.17. The lowest BCUT2D eigenvalue weighted by Crippen LogP contribution is -2.41. The Morgan fingerprint density at radius 1 is 1.11 bits per heavy atom. The maximum atomic E-state index is 11.7. The Balaban J connectivity index is 2.03.